The van der Waals surface area contributed by atoms with E-state index in [1.807, 2.05) is 30.3 Å². The molecule has 2 aromatic carbocycles. The molecule has 0 fully saturated rings. The van der Waals surface area contributed by atoms with Crippen LogP contribution in [0.25, 0.3) is 5.70 Å². The number of nitrogens with zero attached hydrogens (tertiary/aromatic N) is 2. The average molecular weight is 483 g/mol. The third-order valence-corrected chi connectivity index (χ3v) is 5.80. The van der Waals surface area contributed by atoms with Gasteiger partial charge in [0.25, 0.3) is 5.69 Å². The molecule has 2 aromatic rings. The molecule has 1 heterocycles. The lowest BCUT2D eigenvalue weighted by atomic mass is 9.78. The summed E-state index contributed by atoms with van der Waals surface area (Å²) in [5.41, 5.74) is 1.88. The number of carbonyl (C=O) groups is 2. The Labute approximate surface area is 203 Å². The van der Waals surface area contributed by atoms with Crippen molar-refractivity contribution in [2.24, 2.45) is 0 Å². The first kappa shape index (κ1) is 25.0. The third kappa shape index (κ3) is 4.70. The van der Waals surface area contributed by atoms with E-state index >= 15 is 0 Å². The predicted octanol–water partition coefficient (Wildman–Crippen LogP) is 4.69. The predicted molar refractivity (Wildman–Crippen MR) is 131 cm³/mol. The lowest BCUT2D eigenvalue weighted by Gasteiger charge is -2.38. The zero-order valence-corrected chi connectivity index (χ0v) is 20.1. The van der Waals surface area contributed by atoms with Gasteiger partial charge in [0.05, 0.1) is 46.8 Å². The van der Waals surface area contributed by atoms with Crippen LogP contribution in [0.4, 0.5) is 5.69 Å². The number of nitro benzene ring substituents is 1. The van der Waals surface area contributed by atoms with Gasteiger partial charge in [-0.15, -0.1) is 0 Å². The lowest BCUT2D eigenvalue weighted by Crippen LogP contribution is -2.35. The van der Waals surface area contributed by atoms with E-state index in [1.165, 1.54) is 12.1 Å². The zero-order chi connectivity index (χ0) is 24.8. The number of nitro groups is 1. The fourth-order valence-electron chi connectivity index (χ4n) is 4.14. The van der Waals surface area contributed by atoms with Crippen molar-refractivity contribution in [1.29, 1.82) is 0 Å². The number of para-hydroxylation sites is 1. The van der Waals surface area contributed by atoms with E-state index < -0.39 is 22.8 Å². The number of allylic oxidation sites excluding steroid dienone is 1. The monoisotopic (exact) mass is 482 g/mol. The van der Waals surface area contributed by atoms with Crippen LogP contribution in [0.5, 0.6) is 0 Å². The molecule has 1 unspecified atom stereocenters. The number of esters is 2. The smallest absolute Gasteiger partial charge is 0.337 e. The van der Waals surface area contributed by atoms with Crippen molar-refractivity contribution in [3.8, 4) is 0 Å². The third-order valence-electron chi connectivity index (χ3n) is 5.52. The number of hydrogen-bond acceptors (Lipinski definition) is 8. The highest BCUT2D eigenvalue weighted by molar-refractivity contribution is 7.80. The van der Waals surface area contributed by atoms with Crippen LogP contribution in [-0.4, -0.2) is 40.9 Å². The summed E-state index contributed by atoms with van der Waals surface area (Å²) in [4.78, 5) is 39.8. The van der Waals surface area contributed by atoms with Gasteiger partial charge in [0.15, 0.2) is 0 Å². The Bertz CT molecular complexity index is 1160. The van der Waals surface area contributed by atoms with Gasteiger partial charge in [0, 0.05) is 17.3 Å². The molecule has 0 saturated heterocycles. The Morgan fingerprint density at radius 2 is 1.53 bits per heavy atom. The maximum absolute atomic E-state index is 13.5. The minimum atomic E-state index is -1.08. The van der Waals surface area contributed by atoms with Crippen molar-refractivity contribution < 1.29 is 24.0 Å². The second-order valence-electron chi connectivity index (χ2n) is 7.39. The molecule has 34 heavy (non-hydrogen) atoms. The van der Waals surface area contributed by atoms with Crippen LogP contribution in [0, 0.1) is 10.1 Å². The molecule has 1 aliphatic heterocycles. The Kier molecular flexibility index (Phi) is 8.12. The highest BCUT2D eigenvalue weighted by Crippen LogP contribution is 2.48. The number of ether oxygens (including phenoxy) is 2. The van der Waals surface area contributed by atoms with Crippen molar-refractivity contribution in [2.45, 2.75) is 26.7 Å². The van der Waals surface area contributed by atoms with Gasteiger partial charge < -0.3 is 14.4 Å². The van der Waals surface area contributed by atoms with Crippen molar-refractivity contribution in [1.82, 2.24) is 4.90 Å². The largest absolute Gasteiger partial charge is 0.463 e. The minimum Gasteiger partial charge on any atom is -0.463 e. The van der Waals surface area contributed by atoms with E-state index in [4.69, 9.17) is 9.47 Å². The fourth-order valence-corrected chi connectivity index (χ4v) is 4.49. The standard InChI is InChI=1S/C25H26N2O6S/c1-4-32-24(28)20-16(3)26(15-34)23(17-11-7-6-8-12-17)22(25(29)33-5-2)21(20)18-13-9-10-14-19(18)27(30)31/h6-14,21,34H,4-5,15H2,1-3H3. The van der Waals surface area contributed by atoms with Crippen LogP contribution in [0.15, 0.2) is 71.4 Å². The van der Waals surface area contributed by atoms with Crippen LogP contribution in [0.1, 0.15) is 37.8 Å². The Balaban J connectivity index is 2.47. The van der Waals surface area contributed by atoms with Gasteiger partial charge in [-0.05, 0) is 26.3 Å². The topological polar surface area (TPSA) is 99.0 Å². The van der Waals surface area contributed by atoms with Gasteiger partial charge >= 0.3 is 11.9 Å². The highest BCUT2D eigenvalue weighted by Gasteiger charge is 2.44. The minimum absolute atomic E-state index is 0.0896. The molecule has 0 N–H and O–H groups in total. The Morgan fingerprint density at radius 1 is 0.971 bits per heavy atom. The van der Waals surface area contributed by atoms with E-state index in [-0.39, 0.29) is 41.5 Å². The summed E-state index contributed by atoms with van der Waals surface area (Å²) in [5.74, 6) is -2.27. The van der Waals surface area contributed by atoms with Crippen molar-refractivity contribution in [3.63, 3.8) is 0 Å². The molecule has 9 heteroatoms. The van der Waals surface area contributed by atoms with Gasteiger partial charge in [-0.25, -0.2) is 9.59 Å². The van der Waals surface area contributed by atoms with Gasteiger partial charge in [0.2, 0.25) is 0 Å². The summed E-state index contributed by atoms with van der Waals surface area (Å²) >= 11 is 4.47. The average Bonchev–Trinajstić information content (AvgIpc) is 2.83. The number of rotatable bonds is 8. The molecule has 178 valence electrons. The molecular formula is C25H26N2O6S. The SMILES string of the molecule is CCOC(=O)C1=C(C)N(CS)C(c2ccccc2)=C(C(=O)OCC)C1c1ccccc1[N+](=O)[O-]. The number of thiol groups is 1. The molecule has 0 aromatic heterocycles. The molecule has 0 amide bonds. The summed E-state index contributed by atoms with van der Waals surface area (Å²) in [6.07, 6.45) is 0. The first-order valence-corrected chi connectivity index (χ1v) is 11.5. The van der Waals surface area contributed by atoms with Gasteiger partial charge in [-0.2, -0.15) is 12.6 Å². The number of benzene rings is 2. The fraction of sp³-hybridized carbons (Fsp3) is 0.280. The number of carbonyl (C=O) groups excluding carboxylic acids is 2. The normalized spacial score (nSPS) is 15.9. The van der Waals surface area contributed by atoms with E-state index in [0.717, 1.165) is 0 Å². The lowest BCUT2D eigenvalue weighted by molar-refractivity contribution is -0.385. The molecular weight excluding hydrogens is 456 g/mol. The van der Waals surface area contributed by atoms with Crippen molar-refractivity contribution in [3.05, 3.63) is 92.7 Å². The second-order valence-corrected chi connectivity index (χ2v) is 7.67. The van der Waals surface area contributed by atoms with Crippen LogP contribution in [0.2, 0.25) is 0 Å². The van der Waals surface area contributed by atoms with E-state index in [9.17, 15) is 19.7 Å². The van der Waals surface area contributed by atoms with Crippen LogP contribution in [0.3, 0.4) is 0 Å². The molecule has 0 aliphatic carbocycles. The van der Waals surface area contributed by atoms with Gasteiger partial charge in [-0.1, -0.05) is 48.5 Å². The van der Waals surface area contributed by atoms with Crippen LogP contribution < -0.4 is 0 Å². The second kappa shape index (κ2) is 11.0. The summed E-state index contributed by atoms with van der Waals surface area (Å²) in [5, 5.41) is 11.9. The summed E-state index contributed by atoms with van der Waals surface area (Å²) < 4.78 is 10.7. The summed E-state index contributed by atoms with van der Waals surface area (Å²) in [6.45, 7) is 5.25. The van der Waals surface area contributed by atoms with Crippen molar-refractivity contribution in [2.75, 3.05) is 19.1 Å². The van der Waals surface area contributed by atoms with E-state index in [0.29, 0.717) is 17.0 Å². The summed E-state index contributed by atoms with van der Waals surface area (Å²) in [6, 6.07) is 15.2. The summed E-state index contributed by atoms with van der Waals surface area (Å²) in [7, 11) is 0. The highest BCUT2D eigenvalue weighted by atomic mass is 32.1. The Morgan fingerprint density at radius 3 is 2.09 bits per heavy atom. The Hall–Kier alpha value is -3.59. The van der Waals surface area contributed by atoms with Gasteiger partial charge in [-0.3, -0.25) is 10.1 Å². The zero-order valence-electron chi connectivity index (χ0n) is 19.2. The van der Waals surface area contributed by atoms with E-state index in [2.05, 4.69) is 12.6 Å². The quantitative estimate of drug-likeness (QED) is 0.252. The molecule has 0 spiro atoms. The van der Waals surface area contributed by atoms with Crippen LogP contribution >= 0.6 is 12.6 Å². The first-order chi connectivity index (χ1) is 16.4. The van der Waals surface area contributed by atoms with E-state index in [1.54, 1.807) is 37.8 Å². The molecule has 3 rings (SSSR count). The van der Waals surface area contributed by atoms with Crippen LogP contribution in [-0.2, 0) is 19.1 Å². The molecule has 0 radical (unpaired) electrons. The number of hydrogen-bond donors (Lipinski definition) is 1. The molecule has 0 bridgehead atoms. The molecule has 1 aliphatic rings. The first-order valence-electron chi connectivity index (χ1n) is 10.8. The molecule has 8 nitrogen and oxygen atoms in total. The molecule has 1 atom stereocenters. The van der Waals surface area contributed by atoms with Crippen molar-refractivity contribution >= 4 is 36.0 Å². The molecule has 0 saturated carbocycles. The van der Waals surface area contributed by atoms with Gasteiger partial charge in [0.1, 0.15) is 0 Å². The maximum atomic E-state index is 13.5. The maximum Gasteiger partial charge on any atom is 0.337 e.